The zero-order valence-corrected chi connectivity index (χ0v) is 16.6. The molecule has 0 spiro atoms. The fourth-order valence-corrected chi connectivity index (χ4v) is 3.32. The number of nitrogens with zero attached hydrogens (tertiary/aromatic N) is 2. The van der Waals surface area contributed by atoms with Gasteiger partial charge in [-0.3, -0.25) is 4.99 Å². The second kappa shape index (κ2) is 13.3. The Morgan fingerprint density at radius 1 is 1.19 bits per heavy atom. The molecule has 0 radical (unpaired) electrons. The lowest BCUT2D eigenvalue weighted by molar-refractivity contribution is -0.0318. The van der Waals surface area contributed by atoms with Gasteiger partial charge < -0.3 is 29.2 Å². The molecule has 1 atom stereocenters. The first-order valence-electron chi connectivity index (χ1n) is 10.1. The van der Waals surface area contributed by atoms with Crippen molar-refractivity contribution in [3.63, 3.8) is 0 Å². The van der Waals surface area contributed by atoms with E-state index in [4.69, 9.17) is 23.9 Å². The third-order valence-corrected chi connectivity index (χ3v) is 4.79. The van der Waals surface area contributed by atoms with E-state index in [9.17, 15) is 0 Å². The topological polar surface area (TPSA) is 64.6 Å². The highest BCUT2D eigenvalue weighted by atomic mass is 16.5. The summed E-state index contributed by atoms with van der Waals surface area (Å²) in [6, 6.07) is 0. The highest BCUT2D eigenvalue weighted by Crippen LogP contribution is 2.17. The Morgan fingerprint density at radius 3 is 2.81 bits per heavy atom. The van der Waals surface area contributed by atoms with Crippen molar-refractivity contribution in [1.29, 1.82) is 0 Å². The van der Waals surface area contributed by atoms with Crippen LogP contribution in [0, 0.1) is 5.92 Å². The van der Waals surface area contributed by atoms with Crippen molar-refractivity contribution in [3.8, 4) is 0 Å². The minimum atomic E-state index is 0.374. The molecule has 1 unspecified atom stereocenters. The molecule has 2 rings (SSSR count). The van der Waals surface area contributed by atoms with Crippen molar-refractivity contribution in [1.82, 2.24) is 10.2 Å². The number of likely N-dealkylation sites (tertiary alicyclic amines) is 1. The standard InChI is InChI=1S/C19H37N3O4/c1-3-20-19(21-8-4-10-26-18-6-11-24-12-7-18)22-9-5-17(15-22)16-25-14-13-23-2/h17-18H,3-16H2,1-2H3,(H,20,21). The molecule has 0 aromatic rings. The second-order valence-electron chi connectivity index (χ2n) is 6.94. The van der Waals surface area contributed by atoms with Crippen molar-refractivity contribution in [2.24, 2.45) is 10.9 Å². The van der Waals surface area contributed by atoms with Crippen LogP contribution in [0.5, 0.6) is 0 Å². The maximum Gasteiger partial charge on any atom is 0.193 e. The molecule has 0 saturated carbocycles. The Hall–Kier alpha value is -0.890. The van der Waals surface area contributed by atoms with E-state index in [2.05, 4.69) is 17.1 Å². The predicted octanol–water partition coefficient (Wildman–Crippen LogP) is 1.52. The maximum atomic E-state index is 5.92. The van der Waals surface area contributed by atoms with E-state index in [0.717, 1.165) is 84.2 Å². The summed E-state index contributed by atoms with van der Waals surface area (Å²) in [6.45, 7) is 10.5. The van der Waals surface area contributed by atoms with E-state index in [-0.39, 0.29) is 0 Å². The molecule has 152 valence electrons. The average Bonchev–Trinajstić information content (AvgIpc) is 3.14. The van der Waals surface area contributed by atoms with E-state index in [1.165, 1.54) is 0 Å². The van der Waals surface area contributed by atoms with E-state index < -0.39 is 0 Å². The molecule has 0 bridgehead atoms. The number of guanidine groups is 1. The minimum absolute atomic E-state index is 0.374. The Balaban J connectivity index is 1.64. The van der Waals surface area contributed by atoms with Gasteiger partial charge in [0.25, 0.3) is 0 Å². The lowest BCUT2D eigenvalue weighted by atomic mass is 10.1. The lowest BCUT2D eigenvalue weighted by Gasteiger charge is -2.23. The van der Waals surface area contributed by atoms with Crippen LogP contribution in [0.4, 0.5) is 0 Å². The number of nitrogens with one attached hydrogen (secondary N) is 1. The number of methoxy groups -OCH3 is 1. The second-order valence-corrected chi connectivity index (χ2v) is 6.94. The van der Waals surface area contributed by atoms with Crippen molar-refractivity contribution in [2.45, 2.75) is 38.7 Å². The molecule has 7 nitrogen and oxygen atoms in total. The molecule has 0 amide bonds. The van der Waals surface area contributed by atoms with Crippen LogP contribution in [0.15, 0.2) is 4.99 Å². The van der Waals surface area contributed by atoms with Gasteiger partial charge in [0.15, 0.2) is 5.96 Å². The summed E-state index contributed by atoms with van der Waals surface area (Å²) in [6.07, 6.45) is 4.54. The number of rotatable bonds is 11. The Labute approximate surface area is 158 Å². The predicted molar refractivity (Wildman–Crippen MR) is 103 cm³/mol. The number of ether oxygens (including phenoxy) is 4. The van der Waals surface area contributed by atoms with Gasteiger partial charge in [0.05, 0.1) is 25.9 Å². The molecule has 0 aromatic carbocycles. The van der Waals surface area contributed by atoms with Crippen molar-refractivity contribution >= 4 is 5.96 Å². The zero-order chi connectivity index (χ0) is 18.5. The van der Waals surface area contributed by atoms with Crippen LogP contribution in [0.1, 0.15) is 32.6 Å². The third kappa shape index (κ3) is 8.20. The van der Waals surface area contributed by atoms with Crippen LogP contribution < -0.4 is 5.32 Å². The molecule has 0 aromatic heterocycles. The first-order valence-corrected chi connectivity index (χ1v) is 10.1. The summed E-state index contributed by atoms with van der Waals surface area (Å²) >= 11 is 0. The monoisotopic (exact) mass is 371 g/mol. The van der Waals surface area contributed by atoms with Crippen LogP contribution in [-0.2, 0) is 18.9 Å². The van der Waals surface area contributed by atoms with E-state index in [1.54, 1.807) is 7.11 Å². The number of aliphatic imine (C=N–C) groups is 1. The fraction of sp³-hybridized carbons (Fsp3) is 0.947. The molecule has 2 saturated heterocycles. The van der Waals surface area contributed by atoms with Gasteiger partial charge in [0, 0.05) is 59.0 Å². The van der Waals surface area contributed by atoms with Gasteiger partial charge in [-0.2, -0.15) is 0 Å². The molecule has 0 aliphatic carbocycles. The first-order chi connectivity index (χ1) is 12.8. The first kappa shape index (κ1) is 21.4. The van der Waals surface area contributed by atoms with Gasteiger partial charge in [0.1, 0.15) is 0 Å². The van der Waals surface area contributed by atoms with Crippen LogP contribution in [-0.4, -0.2) is 89.9 Å². The average molecular weight is 372 g/mol. The molecular weight excluding hydrogens is 334 g/mol. The number of hydrogen-bond donors (Lipinski definition) is 1. The SMILES string of the molecule is CCNC(=NCCCOC1CCOCC1)N1CCC(COCCOC)C1. The molecule has 2 aliphatic heterocycles. The normalized spacial score (nSPS) is 22.2. The number of hydrogen-bond acceptors (Lipinski definition) is 5. The largest absolute Gasteiger partial charge is 0.382 e. The van der Waals surface area contributed by atoms with Crippen LogP contribution >= 0.6 is 0 Å². The van der Waals surface area contributed by atoms with Crippen molar-refractivity contribution in [2.75, 3.05) is 72.9 Å². The van der Waals surface area contributed by atoms with Gasteiger partial charge in [-0.25, -0.2) is 0 Å². The third-order valence-electron chi connectivity index (χ3n) is 4.79. The molecule has 2 heterocycles. The van der Waals surface area contributed by atoms with Crippen molar-refractivity contribution in [3.05, 3.63) is 0 Å². The fourth-order valence-electron chi connectivity index (χ4n) is 3.32. The summed E-state index contributed by atoms with van der Waals surface area (Å²) in [7, 11) is 1.70. The molecule has 7 heteroatoms. The highest BCUT2D eigenvalue weighted by Gasteiger charge is 2.24. The molecule has 1 N–H and O–H groups in total. The highest BCUT2D eigenvalue weighted by molar-refractivity contribution is 5.80. The minimum Gasteiger partial charge on any atom is -0.382 e. The lowest BCUT2D eigenvalue weighted by Crippen LogP contribution is -2.40. The van der Waals surface area contributed by atoms with Gasteiger partial charge in [-0.15, -0.1) is 0 Å². The smallest absolute Gasteiger partial charge is 0.193 e. The van der Waals surface area contributed by atoms with Crippen LogP contribution in [0.3, 0.4) is 0 Å². The Kier molecular flexibility index (Phi) is 11.0. The van der Waals surface area contributed by atoms with E-state index in [0.29, 0.717) is 25.2 Å². The van der Waals surface area contributed by atoms with E-state index >= 15 is 0 Å². The molecule has 2 aliphatic rings. The van der Waals surface area contributed by atoms with E-state index in [1.807, 2.05) is 0 Å². The van der Waals surface area contributed by atoms with Crippen LogP contribution in [0.25, 0.3) is 0 Å². The van der Waals surface area contributed by atoms with Gasteiger partial charge in [-0.1, -0.05) is 0 Å². The zero-order valence-electron chi connectivity index (χ0n) is 16.6. The maximum absolute atomic E-state index is 5.92. The molecular formula is C19H37N3O4. The van der Waals surface area contributed by atoms with Crippen LogP contribution in [0.2, 0.25) is 0 Å². The summed E-state index contributed by atoms with van der Waals surface area (Å²) in [4.78, 5) is 7.14. The summed E-state index contributed by atoms with van der Waals surface area (Å²) < 4.78 is 22.0. The quantitative estimate of drug-likeness (QED) is 0.338. The van der Waals surface area contributed by atoms with Gasteiger partial charge >= 0.3 is 0 Å². The molecule has 26 heavy (non-hydrogen) atoms. The Bertz CT molecular complexity index is 389. The summed E-state index contributed by atoms with van der Waals surface area (Å²) in [5, 5.41) is 3.42. The summed E-state index contributed by atoms with van der Waals surface area (Å²) in [5.41, 5.74) is 0. The van der Waals surface area contributed by atoms with Gasteiger partial charge in [-0.05, 0) is 32.6 Å². The van der Waals surface area contributed by atoms with Gasteiger partial charge in [0.2, 0.25) is 0 Å². The summed E-state index contributed by atoms with van der Waals surface area (Å²) in [5.74, 6) is 1.60. The Morgan fingerprint density at radius 2 is 2.04 bits per heavy atom. The molecule has 2 fully saturated rings. The van der Waals surface area contributed by atoms with Crippen molar-refractivity contribution < 1.29 is 18.9 Å².